The maximum absolute atomic E-state index is 6.08. The minimum absolute atomic E-state index is 0.514. The Kier molecular flexibility index (Phi) is 4.74. The summed E-state index contributed by atoms with van der Waals surface area (Å²) >= 11 is 0. The summed E-state index contributed by atoms with van der Waals surface area (Å²) in [5, 5.41) is 1.02. The molecule has 4 nitrogen and oxygen atoms in total. The minimum Gasteiger partial charge on any atom is -0.453 e. The number of hydrogen-bond acceptors (Lipinski definition) is 4. The minimum atomic E-state index is 0.514. The van der Waals surface area contributed by atoms with Gasteiger partial charge in [0.25, 0.3) is 0 Å². The molecule has 0 N–H and O–H groups in total. The van der Waals surface area contributed by atoms with Crippen molar-refractivity contribution >= 4 is 11.0 Å². The third kappa shape index (κ3) is 3.79. The highest BCUT2D eigenvalue weighted by atomic mass is 16.3. The van der Waals surface area contributed by atoms with Crippen LogP contribution in [0.4, 0.5) is 0 Å². The summed E-state index contributed by atoms with van der Waals surface area (Å²) in [5.41, 5.74) is 4.92. The Hall–Kier alpha value is -4.57. The fourth-order valence-corrected chi connectivity index (χ4v) is 3.89. The van der Waals surface area contributed by atoms with Gasteiger partial charge in [-0.2, -0.15) is 0 Å². The van der Waals surface area contributed by atoms with E-state index in [0.717, 1.165) is 33.2 Å². The summed E-state index contributed by atoms with van der Waals surface area (Å²) in [6, 6.07) is 38.4. The third-order valence-electron chi connectivity index (χ3n) is 5.54. The van der Waals surface area contributed by atoms with Gasteiger partial charge in [-0.3, -0.25) is 0 Å². The Labute approximate surface area is 191 Å². The molecule has 0 spiro atoms. The second kappa shape index (κ2) is 8.17. The third-order valence-corrected chi connectivity index (χ3v) is 5.54. The molecule has 2 heterocycles. The molecule has 0 bridgehead atoms. The zero-order valence-electron chi connectivity index (χ0n) is 17.7. The molecule has 156 valence electrons. The van der Waals surface area contributed by atoms with Crippen molar-refractivity contribution in [2.45, 2.75) is 0 Å². The molecule has 0 saturated carbocycles. The summed E-state index contributed by atoms with van der Waals surface area (Å²) in [7, 11) is 0. The van der Waals surface area contributed by atoms with Crippen LogP contribution in [-0.4, -0.2) is 15.0 Å². The predicted molar refractivity (Wildman–Crippen MR) is 131 cm³/mol. The van der Waals surface area contributed by atoms with Gasteiger partial charge in [0.2, 0.25) is 0 Å². The smallest absolute Gasteiger partial charge is 0.199 e. The molecule has 4 heteroatoms. The molecule has 33 heavy (non-hydrogen) atoms. The lowest BCUT2D eigenvalue weighted by molar-refractivity contribution is 0.625. The highest BCUT2D eigenvalue weighted by molar-refractivity contribution is 5.82. The maximum Gasteiger partial charge on any atom is 0.199 e. The van der Waals surface area contributed by atoms with Crippen LogP contribution in [0.2, 0.25) is 0 Å². The number of benzene rings is 4. The van der Waals surface area contributed by atoms with Crippen molar-refractivity contribution in [3.8, 4) is 45.5 Å². The molecule has 0 radical (unpaired) electrons. The molecule has 0 unspecified atom stereocenters. The van der Waals surface area contributed by atoms with Crippen molar-refractivity contribution in [1.82, 2.24) is 15.0 Å². The number of hydrogen-bond donors (Lipinski definition) is 0. The number of furan rings is 1. The first-order chi connectivity index (χ1) is 16.3. The van der Waals surface area contributed by atoms with Crippen molar-refractivity contribution in [3.63, 3.8) is 0 Å². The van der Waals surface area contributed by atoms with Crippen molar-refractivity contribution in [3.05, 3.63) is 115 Å². The van der Waals surface area contributed by atoms with Crippen LogP contribution in [0.25, 0.3) is 56.5 Å². The van der Waals surface area contributed by atoms with Crippen LogP contribution in [0, 0.1) is 0 Å². The monoisotopic (exact) mass is 425 g/mol. The lowest BCUT2D eigenvalue weighted by atomic mass is 10.0. The average molecular weight is 425 g/mol. The molecule has 6 aromatic rings. The Balaban J connectivity index is 1.53. The van der Waals surface area contributed by atoms with E-state index < -0.39 is 0 Å². The first-order valence-electron chi connectivity index (χ1n) is 10.8. The molecule has 0 saturated heterocycles. The van der Waals surface area contributed by atoms with Crippen molar-refractivity contribution in [2.24, 2.45) is 0 Å². The van der Waals surface area contributed by atoms with Crippen LogP contribution in [-0.2, 0) is 0 Å². The predicted octanol–water partition coefficient (Wildman–Crippen LogP) is 7.29. The zero-order chi connectivity index (χ0) is 22.0. The summed E-state index contributed by atoms with van der Waals surface area (Å²) in [5.74, 6) is 2.36. The van der Waals surface area contributed by atoms with Crippen LogP contribution in [0.3, 0.4) is 0 Å². The van der Waals surface area contributed by atoms with E-state index in [2.05, 4.69) is 24.3 Å². The normalized spacial score (nSPS) is 11.0. The van der Waals surface area contributed by atoms with Gasteiger partial charge in [0.1, 0.15) is 5.58 Å². The quantitative estimate of drug-likeness (QED) is 0.298. The van der Waals surface area contributed by atoms with E-state index in [1.54, 1.807) is 0 Å². The van der Waals surface area contributed by atoms with Gasteiger partial charge in [0.15, 0.2) is 23.2 Å². The van der Waals surface area contributed by atoms with E-state index >= 15 is 0 Å². The second-order valence-corrected chi connectivity index (χ2v) is 7.77. The number of nitrogens with zero attached hydrogens (tertiary/aromatic N) is 3. The lowest BCUT2D eigenvalue weighted by Gasteiger charge is -2.08. The number of rotatable bonds is 4. The van der Waals surface area contributed by atoms with E-state index in [9.17, 15) is 0 Å². The van der Waals surface area contributed by atoms with Gasteiger partial charge in [0.05, 0.1) is 0 Å². The number of aromatic nitrogens is 3. The fraction of sp³-hybridized carbons (Fsp3) is 0. The van der Waals surface area contributed by atoms with Crippen LogP contribution >= 0.6 is 0 Å². The van der Waals surface area contributed by atoms with Gasteiger partial charge >= 0.3 is 0 Å². The van der Waals surface area contributed by atoms with Gasteiger partial charge in [0, 0.05) is 16.5 Å². The number of para-hydroxylation sites is 1. The molecule has 0 aliphatic heterocycles. The Bertz CT molecular complexity index is 1520. The Morgan fingerprint density at radius 1 is 0.424 bits per heavy atom. The first-order valence-corrected chi connectivity index (χ1v) is 10.8. The molecular formula is C29H19N3O. The summed E-state index contributed by atoms with van der Waals surface area (Å²) in [6.45, 7) is 0. The van der Waals surface area contributed by atoms with Crippen molar-refractivity contribution in [2.75, 3.05) is 0 Å². The largest absolute Gasteiger partial charge is 0.453 e. The van der Waals surface area contributed by atoms with Crippen LogP contribution in [0.15, 0.2) is 120 Å². The first kappa shape index (κ1) is 19.1. The molecule has 0 aliphatic rings. The van der Waals surface area contributed by atoms with Gasteiger partial charge in [-0.15, -0.1) is 0 Å². The van der Waals surface area contributed by atoms with Gasteiger partial charge in [-0.25, -0.2) is 15.0 Å². The topological polar surface area (TPSA) is 51.8 Å². The van der Waals surface area contributed by atoms with E-state index in [1.807, 2.05) is 91.0 Å². The van der Waals surface area contributed by atoms with E-state index in [-0.39, 0.29) is 0 Å². The van der Waals surface area contributed by atoms with Crippen LogP contribution in [0.1, 0.15) is 0 Å². The van der Waals surface area contributed by atoms with Gasteiger partial charge < -0.3 is 4.42 Å². The highest BCUT2D eigenvalue weighted by Crippen LogP contribution is 2.30. The molecule has 2 aromatic heterocycles. The standard InChI is InChI=1S/C29H19N3O/c1-3-10-20(11-4-1)22-15-9-16-24(18-22)28-30-27(21-12-5-2-6-13-21)31-29(32-28)26-19-23-14-7-8-17-25(23)33-26/h1-19H. The zero-order valence-corrected chi connectivity index (χ0v) is 17.7. The Morgan fingerprint density at radius 2 is 1.00 bits per heavy atom. The van der Waals surface area contributed by atoms with Crippen LogP contribution < -0.4 is 0 Å². The SMILES string of the molecule is c1ccc(-c2cccc(-c3nc(-c4ccccc4)nc(-c4cc5ccccc5o4)n3)c2)cc1. The Morgan fingerprint density at radius 3 is 1.76 bits per heavy atom. The molecule has 0 atom stereocenters. The van der Waals surface area contributed by atoms with Crippen molar-refractivity contribution in [1.29, 1.82) is 0 Å². The number of fused-ring (bicyclic) bond motifs is 1. The molecule has 6 rings (SSSR count). The van der Waals surface area contributed by atoms with Gasteiger partial charge in [-0.05, 0) is 29.3 Å². The summed E-state index contributed by atoms with van der Waals surface area (Å²) in [6.07, 6.45) is 0. The molecule has 0 fully saturated rings. The highest BCUT2D eigenvalue weighted by Gasteiger charge is 2.15. The maximum atomic E-state index is 6.08. The molecule has 0 aliphatic carbocycles. The van der Waals surface area contributed by atoms with Crippen molar-refractivity contribution < 1.29 is 4.42 Å². The van der Waals surface area contributed by atoms with E-state index in [4.69, 9.17) is 19.4 Å². The fourth-order valence-electron chi connectivity index (χ4n) is 3.89. The lowest BCUT2D eigenvalue weighted by Crippen LogP contribution is -1.99. The summed E-state index contributed by atoms with van der Waals surface area (Å²) < 4.78 is 6.08. The molecule has 0 amide bonds. The summed E-state index contributed by atoms with van der Waals surface area (Å²) in [4.78, 5) is 14.4. The van der Waals surface area contributed by atoms with Crippen LogP contribution in [0.5, 0.6) is 0 Å². The average Bonchev–Trinajstić information content (AvgIpc) is 3.34. The van der Waals surface area contributed by atoms with E-state index in [0.29, 0.717) is 23.2 Å². The molecule has 4 aromatic carbocycles. The van der Waals surface area contributed by atoms with Gasteiger partial charge in [-0.1, -0.05) is 97.1 Å². The van der Waals surface area contributed by atoms with E-state index in [1.165, 1.54) is 0 Å². The second-order valence-electron chi connectivity index (χ2n) is 7.77. The molecular weight excluding hydrogens is 406 g/mol.